The van der Waals surface area contributed by atoms with Crippen LogP contribution in [-0.2, 0) is 41.6 Å². The second-order valence-electron chi connectivity index (χ2n) is 12.6. The predicted octanol–water partition coefficient (Wildman–Crippen LogP) is 4.33. The van der Waals surface area contributed by atoms with E-state index in [9.17, 15) is 29.7 Å². The number of carbonyl (C=O) groups excluding carboxylic acids is 3. The Morgan fingerprint density at radius 2 is 1.60 bits per heavy atom. The largest absolute Gasteiger partial charge is 0.496 e. The number of unbranched alkanes of at least 4 members (excludes halogenated alkanes) is 3. The average molecular weight is 695 g/mol. The topological polar surface area (TPSA) is 167 Å². The Labute approximate surface area is 286 Å². The van der Waals surface area contributed by atoms with Gasteiger partial charge in [-0.15, -0.1) is 0 Å². The van der Waals surface area contributed by atoms with E-state index in [1.807, 2.05) is 45.0 Å². The molecule has 3 rings (SSSR count). The van der Waals surface area contributed by atoms with Crippen LogP contribution in [0.2, 0.25) is 5.02 Å². The molecule has 0 spiro atoms. The summed E-state index contributed by atoms with van der Waals surface area (Å²) < 4.78 is 32.6. The first-order chi connectivity index (χ1) is 22.8. The molecule has 5 atom stereocenters. The molecule has 266 valence electrons. The first kappa shape index (κ1) is 39.2. The summed E-state index contributed by atoms with van der Waals surface area (Å²) in [6, 6.07) is 10.2. The lowest BCUT2D eigenvalue weighted by atomic mass is 9.99. The van der Waals surface area contributed by atoms with Gasteiger partial charge in [0.15, 0.2) is 12.4 Å². The molecule has 1 aliphatic heterocycles. The number of esters is 2. The van der Waals surface area contributed by atoms with Crippen LogP contribution < -0.4 is 9.47 Å². The van der Waals surface area contributed by atoms with Crippen LogP contribution >= 0.6 is 11.6 Å². The summed E-state index contributed by atoms with van der Waals surface area (Å²) in [7, 11) is 2.61. The monoisotopic (exact) mass is 694 g/mol. The normalized spacial score (nSPS) is 21.0. The molecule has 12 nitrogen and oxygen atoms in total. The molecule has 48 heavy (non-hydrogen) atoms. The number of hydrogen-bond donors (Lipinski definition) is 3. The van der Waals surface area contributed by atoms with Gasteiger partial charge in [-0.25, -0.2) is 4.79 Å². The van der Waals surface area contributed by atoms with Crippen LogP contribution in [0.25, 0.3) is 0 Å². The maximum absolute atomic E-state index is 13.1. The Kier molecular flexibility index (Phi) is 15.1. The molecule has 0 saturated carbocycles. The zero-order chi connectivity index (χ0) is 35.4. The van der Waals surface area contributed by atoms with E-state index in [2.05, 4.69) is 0 Å². The first-order valence-electron chi connectivity index (χ1n) is 15.9. The molecular weight excluding hydrogens is 648 g/mol. The van der Waals surface area contributed by atoms with Crippen molar-refractivity contribution in [1.82, 2.24) is 0 Å². The first-order valence-corrected chi connectivity index (χ1v) is 16.3. The zero-order valence-electron chi connectivity index (χ0n) is 28.1. The molecule has 1 saturated heterocycles. The molecule has 0 aliphatic carbocycles. The highest BCUT2D eigenvalue weighted by Crippen LogP contribution is 2.35. The van der Waals surface area contributed by atoms with E-state index in [0.717, 1.165) is 36.8 Å². The zero-order valence-corrected chi connectivity index (χ0v) is 28.9. The van der Waals surface area contributed by atoms with Crippen LogP contribution in [-0.4, -0.2) is 90.2 Å². The fourth-order valence-electron chi connectivity index (χ4n) is 5.18. The number of hydrogen-bond acceptors (Lipinski definition) is 12. The molecule has 3 N–H and O–H groups in total. The fraction of sp³-hybridized carbons (Fsp3) is 0.571. The van der Waals surface area contributed by atoms with E-state index >= 15 is 0 Å². The second kappa shape index (κ2) is 18.5. The second-order valence-corrected chi connectivity index (χ2v) is 13.0. The molecule has 2 aromatic rings. The van der Waals surface area contributed by atoms with Gasteiger partial charge >= 0.3 is 11.9 Å². The van der Waals surface area contributed by atoms with Crippen LogP contribution in [0.15, 0.2) is 36.4 Å². The number of ether oxygens (including phenoxy) is 6. The lowest BCUT2D eigenvalue weighted by molar-refractivity contribution is -0.293. The lowest BCUT2D eigenvalue weighted by Crippen LogP contribution is -2.60. The molecule has 0 aromatic heterocycles. The third-order valence-corrected chi connectivity index (χ3v) is 7.86. The summed E-state index contributed by atoms with van der Waals surface area (Å²) in [5, 5.41) is 30.2. The standard InChI is InChI=1S/C35H47ClO12/c1-35(2,3)48-29(39)14-9-7-6-8-13-23(38)16-21-11-10-12-22(15-21)20-45-27-18-26(43-4)24(17-25(27)36)33(42)47-32-31(41)30(40)28(19-37)46-34(32)44-5/h10-12,15,17-18,28,30-32,34,37,40-41H,6-9,13-14,16,19-20H2,1-5H3/t28-,30-,31+,32-,34+/m1/s1. The van der Waals surface area contributed by atoms with Gasteiger partial charge in [-0.2, -0.15) is 0 Å². The SMILES string of the molecule is COc1cc(OCc2cccc(CC(=O)CCCCCCC(=O)OC(C)(C)C)c2)c(Cl)cc1C(=O)O[C@H]1[C@@H](OC)O[C@H](CO)[C@@H](O)[C@@H]1O. The van der Waals surface area contributed by atoms with Crippen molar-refractivity contribution in [3.8, 4) is 11.5 Å². The van der Waals surface area contributed by atoms with Gasteiger partial charge in [-0.05, 0) is 50.8 Å². The predicted molar refractivity (Wildman–Crippen MR) is 175 cm³/mol. The van der Waals surface area contributed by atoms with Gasteiger partial charge in [0.25, 0.3) is 0 Å². The summed E-state index contributed by atoms with van der Waals surface area (Å²) >= 11 is 6.46. The van der Waals surface area contributed by atoms with E-state index in [0.29, 0.717) is 19.3 Å². The maximum atomic E-state index is 13.1. The Hall–Kier alpha value is -3.26. The van der Waals surface area contributed by atoms with E-state index in [1.54, 1.807) is 0 Å². The number of Topliss-reactive ketones (excluding diaryl/α,β-unsaturated/α-hetero) is 1. The number of halogens is 1. The van der Waals surface area contributed by atoms with Crippen LogP contribution in [0.4, 0.5) is 0 Å². The van der Waals surface area contributed by atoms with Crippen LogP contribution in [0.5, 0.6) is 11.5 Å². The summed E-state index contributed by atoms with van der Waals surface area (Å²) in [5.74, 6) is -0.687. The number of aliphatic hydroxyl groups is 3. The molecule has 0 unspecified atom stereocenters. The number of benzene rings is 2. The van der Waals surface area contributed by atoms with Gasteiger partial charge < -0.3 is 43.7 Å². The van der Waals surface area contributed by atoms with Crippen molar-refractivity contribution in [2.75, 3.05) is 20.8 Å². The van der Waals surface area contributed by atoms with Gasteiger partial charge in [0, 0.05) is 32.4 Å². The van der Waals surface area contributed by atoms with E-state index in [4.69, 9.17) is 40.0 Å². The van der Waals surface area contributed by atoms with Crippen molar-refractivity contribution in [2.24, 2.45) is 0 Å². The Morgan fingerprint density at radius 1 is 0.917 bits per heavy atom. The van der Waals surface area contributed by atoms with E-state index in [-0.39, 0.29) is 40.4 Å². The van der Waals surface area contributed by atoms with Crippen LogP contribution in [0.1, 0.15) is 80.8 Å². The van der Waals surface area contributed by atoms with Crippen LogP contribution in [0, 0.1) is 0 Å². The number of rotatable bonds is 17. The lowest BCUT2D eigenvalue weighted by Gasteiger charge is -2.40. The molecule has 0 bridgehead atoms. The minimum atomic E-state index is -1.60. The molecule has 0 radical (unpaired) electrons. The van der Waals surface area contributed by atoms with Crippen molar-refractivity contribution >= 4 is 29.3 Å². The van der Waals surface area contributed by atoms with Gasteiger partial charge in [0.1, 0.15) is 53.4 Å². The molecule has 1 aliphatic rings. The minimum Gasteiger partial charge on any atom is -0.496 e. The fourth-order valence-corrected chi connectivity index (χ4v) is 5.39. The van der Waals surface area contributed by atoms with E-state index < -0.39 is 48.9 Å². The number of ketones is 1. The molecule has 1 heterocycles. The maximum Gasteiger partial charge on any atom is 0.342 e. The summed E-state index contributed by atoms with van der Waals surface area (Å²) in [5.41, 5.74) is 1.10. The van der Waals surface area contributed by atoms with Crippen LogP contribution in [0.3, 0.4) is 0 Å². The molecule has 2 aromatic carbocycles. The van der Waals surface area contributed by atoms with E-state index in [1.165, 1.54) is 26.4 Å². The molecule has 0 amide bonds. The summed E-state index contributed by atoms with van der Waals surface area (Å²) in [4.78, 5) is 37.5. The Bertz CT molecular complexity index is 1370. The van der Waals surface area contributed by atoms with Gasteiger partial charge in [0.05, 0.1) is 18.7 Å². The molecule has 1 fully saturated rings. The van der Waals surface area contributed by atoms with Crippen molar-refractivity contribution in [2.45, 2.75) is 109 Å². The Balaban J connectivity index is 1.52. The summed E-state index contributed by atoms with van der Waals surface area (Å²) in [6.07, 6.45) is -2.55. The number of carbonyl (C=O) groups is 3. The number of aliphatic hydroxyl groups excluding tert-OH is 3. The smallest absolute Gasteiger partial charge is 0.342 e. The third kappa shape index (κ3) is 11.7. The van der Waals surface area contributed by atoms with Crippen molar-refractivity contribution in [3.05, 3.63) is 58.1 Å². The third-order valence-electron chi connectivity index (χ3n) is 7.57. The Morgan fingerprint density at radius 3 is 2.25 bits per heavy atom. The minimum absolute atomic E-state index is 0.0702. The number of methoxy groups -OCH3 is 2. The van der Waals surface area contributed by atoms with Gasteiger partial charge in [-0.1, -0.05) is 48.7 Å². The summed E-state index contributed by atoms with van der Waals surface area (Å²) in [6.45, 7) is 5.08. The highest BCUT2D eigenvalue weighted by Gasteiger charge is 2.47. The highest BCUT2D eigenvalue weighted by atomic mass is 35.5. The van der Waals surface area contributed by atoms with Crippen molar-refractivity contribution in [3.63, 3.8) is 0 Å². The average Bonchev–Trinajstić information content (AvgIpc) is 3.03. The van der Waals surface area contributed by atoms with Gasteiger partial charge in [0.2, 0.25) is 0 Å². The van der Waals surface area contributed by atoms with Crippen molar-refractivity contribution < 1.29 is 58.1 Å². The van der Waals surface area contributed by atoms with Crippen molar-refractivity contribution in [1.29, 1.82) is 0 Å². The van der Waals surface area contributed by atoms with Gasteiger partial charge in [-0.3, -0.25) is 9.59 Å². The molecular formula is C35H47ClO12. The quantitative estimate of drug-likeness (QED) is 0.159. The highest BCUT2D eigenvalue weighted by molar-refractivity contribution is 6.32. The molecule has 13 heteroatoms.